The molecule has 0 radical (unpaired) electrons. The van der Waals surface area contributed by atoms with E-state index in [0.717, 1.165) is 12.1 Å². The van der Waals surface area contributed by atoms with Crippen molar-refractivity contribution in [2.75, 3.05) is 47.5 Å². The van der Waals surface area contributed by atoms with Gasteiger partial charge in [-0.15, -0.1) is 0 Å². The van der Waals surface area contributed by atoms with Gasteiger partial charge >= 0.3 is 0 Å². The molecule has 1 aromatic carbocycles. The van der Waals surface area contributed by atoms with Crippen molar-refractivity contribution in [3.05, 3.63) is 23.8 Å². The number of nitrogens with one attached hydrogen (secondary N) is 2. The fourth-order valence-corrected chi connectivity index (χ4v) is 2.61. The van der Waals surface area contributed by atoms with Gasteiger partial charge in [0.2, 0.25) is 5.91 Å². The maximum atomic E-state index is 12.3. The highest BCUT2D eigenvalue weighted by Crippen LogP contribution is 2.28. The molecule has 0 bridgehead atoms. The van der Waals surface area contributed by atoms with Crippen LogP contribution in [0.15, 0.2) is 18.2 Å². The van der Waals surface area contributed by atoms with E-state index < -0.39 is 0 Å². The minimum absolute atomic E-state index is 0.0579. The van der Waals surface area contributed by atoms with E-state index in [1.54, 1.807) is 7.11 Å². The van der Waals surface area contributed by atoms with Gasteiger partial charge < -0.3 is 29.7 Å². The number of ether oxygens (including phenoxy) is 3. The largest absolute Gasteiger partial charge is 0.493 e. The van der Waals surface area contributed by atoms with E-state index in [1.807, 2.05) is 39.2 Å². The van der Waals surface area contributed by atoms with E-state index in [0.29, 0.717) is 37.8 Å². The molecule has 140 valence electrons. The first-order chi connectivity index (χ1) is 12.0. The minimum atomic E-state index is -0.315. The number of hydrogen-bond acceptors (Lipinski definition) is 6. The van der Waals surface area contributed by atoms with Crippen LogP contribution in [-0.2, 0) is 16.1 Å². The Balaban J connectivity index is 1.90. The summed E-state index contributed by atoms with van der Waals surface area (Å²) in [5.74, 6) is 1.31. The first-order valence-electron chi connectivity index (χ1n) is 8.58. The van der Waals surface area contributed by atoms with Gasteiger partial charge in [-0.3, -0.25) is 4.79 Å². The van der Waals surface area contributed by atoms with Crippen molar-refractivity contribution in [3.63, 3.8) is 0 Å². The number of nitrogens with zero attached hydrogens (tertiary/aromatic N) is 1. The summed E-state index contributed by atoms with van der Waals surface area (Å²) in [6.45, 7) is 5.07. The van der Waals surface area contributed by atoms with Crippen molar-refractivity contribution >= 4 is 5.91 Å². The predicted molar refractivity (Wildman–Crippen MR) is 96.1 cm³/mol. The second kappa shape index (κ2) is 9.60. The lowest BCUT2D eigenvalue weighted by Crippen LogP contribution is -2.55. The molecule has 0 unspecified atom stereocenters. The van der Waals surface area contributed by atoms with Crippen LogP contribution in [0.3, 0.4) is 0 Å². The van der Waals surface area contributed by atoms with Crippen LogP contribution in [0.1, 0.15) is 12.5 Å². The topological polar surface area (TPSA) is 72.1 Å². The molecule has 1 heterocycles. The van der Waals surface area contributed by atoms with Crippen LogP contribution in [0.2, 0.25) is 0 Å². The first-order valence-corrected chi connectivity index (χ1v) is 8.58. The van der Waals surface area contributed by atoms with E-state index in [4.69, 9.17) is 14.2 Å². The van der Waals surface area contributed by atoms with Crippen molar-refractivity contribution in [3.8, 4) is 11.5 Å². The molecule has 1 amide bonds. The summed E-state index contributed by atoms with van der Waals surface area (Å²) in [6.07, 6.45) is -0.129. The molecular weight excluding hydrogens is 322 g/mol. The third-order valence-electron chi connectivity index (χ3n) is 4.09. The quantitative estimate of drug-likeness (QED) is 0.716. The number of hydrogen-bond donors (Lipinski definition) is 2. The summed E-state index contributed by atoms with van der Waals surface area (Å²) in [7, 11) is 5.61. The normalized spacial score (nSPS) is 20.4. The molecule has 0 spiro atoms. The minimum Gasteiger partial charge on any atom is -0.493 e. The van der Waals surface area contributed by atoms with E-state index in [9.17, 15) is 4.79 Å². The Morgan fingerprint density at radius 3 is 2.88 bits per heavy atom. The van der Waals surface area contributed by atoms with E-state index in [-0.39, 0.29) is 18.1 Å². The molecule has 2 atom stereocenters. The number of amides is 1. The van der Waals surface area contributed by atoms with E-state index in [1.165, 1.54) is 0 Å². The van der Waals surface area contributed by atoms with Crippen LogP contribution in [0, 0.1) is 0 Å². The molecular formula is C18H29N3O4. The number of rotatable bonds is 8. The van der Waals surface area contributed by atoms with Crippen molar-refractivity contribution < 1.29 is 19.0 Å². The SMILES string of the molecule is COc1cc(CNC(=O)[C@H]2NCCO[C@@H]2C)ccc1OCCN(C)C. The average molecular weight is 351 g/mol. The van der Waals surface area contributed by atoms with Gasteiger partial charge in [0.1, 0.15) is 12.6 Å². The number of carbonyl (C=O) groups excluding carboxylic acids is 1. The van der Waals surface area contributed by atoms with E-state index in [2.05, 4.69) is 15.5 Å². The molecule has 0 aromatic heterocycles. The first kappa shape index (κ1) is 19.5. The van der Waals surface area contributed by atoms with Gasteiger partial charge in [0.15, 0.2) is 11.5 Å². The van der Waals surface area contributed by atoms with Gasteiger partial charge in [-0.2, -0.15) is 0 Å². The average Bonchev–Trinajstić information content (AvgIpc) is 2.60. The fourth-order valence-electron chi connectivity index (χ4n) is 2.61. The Morgan fingerprint density at radius 2 is 2.20 bits per heavy atom. The van der Waals surface area contributed by atoms with E-state index >= 15 is 0 Å². The second-order valence-corrected chi connectivity index (χ2v) is 6.36. The summed E-state index contributed by atoms with van der Waals surface area (Å²) in [5, 5.41) is 6.13. The number of methoxy groups -OCH3 is 1. The number of benzene rings is 1. The highest BCUT2D eigenvalue weighted by molar-refractivity contribution is 5.82. The highest BCUT2D eigenvalue weighted by atomic mass is 16.5. The van der Waals surface area contributed by atoms with Gasteiger partial charge in [0.25, 0.3) is 0 Å². The van der Waals surface area contributed by atoms with Crippen LogP contribution in [0.25, 0.3) is 0 Å². The van der Waals surface area contributed by atoms with Crippen LogP contribution >= 0.6 is 0 Å². The standard InChI is InChI=1S/C18H29N3O4/c1-13-17(19-7-9-24-13)18(22)20-12-14-5-6-15(16(11-14)23-4)25-10-8-21(2)3/h5-6,11,13,17,19H,7-10,12H2,1-4H3,(H,20,22)/t13-,17+/m1/s1. The molecule has 1 aromatic rings. The van der Waals surface area contributed by atoms with Crippen molar-refractivity contribution in [2.24, 2.45) is 0 Å². The Labute approximate surface area is 149 Å². The third-order valence-corrected chi connectivity index (χ3v) is 4.09. The molecule has 2 rings (SSSR count). The second-order valence-electron chi connectivity index (χ2n) is 6.36. The molecule has 7 nitrogen and oxygen atoms in total. The lowest BCUT2D eigenvalue weighted by molar-refractivity contribution is -0.129. The Hall–Kier alpha value is -1.83. The zero-order valence-corrected chi connectivity index (χ0v) is 15.5. The lowest BCUT2D eigenvalue weighted by atomic mass is 10.1. The molecule has 1 aliphatic heterocycles. The smallest absolute Gasteiger partial charge is 0.240 e. The van der Waals surface area contributed by atoms with Gasteiger partial charge in [-0.25, -0.2) is 0 Å². The van der Waals surface area contributed by atoms with Crippen molar-refractivity contribution in [2.45, 2.75) is 25.6 Å². The summed E-state index contributed by atoms with van der Waals surface area (Å²) in [4.78, 5) is 14.4. The third kappa shape index (κ3) is 5.88. The Morgan fingerprint density at radius 1 is 1.40 bits per heavy atom. The van der Waals surface area contributed by atoms with Crippen LogP contribution in [0.4, 0.5) is 0 Å². The zero-order valence-electron chi connectivity index (χ0n) is 15.5. The summed E-state index contributed by atoms with van der Waals surface area (Å²) >= 11 is 0. The summed E-state index contributed by atoms with van der Waals surface area (Å²) < 4.78 is 16.7. The van der Waals surface area contributed by atoms with Gasteiger partial charge in [-0.05, 0) is 38.7 Å². The fraction of sp³-hybridized carbons (Fsp3) is 0.611. The Bertz CT molecular complexity index is 565. The number of morpholine rings is 1. The molecule has 0 saturated carbocycles. The monoisotopic (exact) mass is 351 g/mol. The van der Waals surface area contributed by atoms with Crippen LogP contribution in [0.5, 0.6) is 11.5 Å². The summed E-state index contributed by atoms with van der Waals surface area (Å²) in [5.41, 5.74) is 0.953. The predicted octanol–water partition coefficient (Wildman–Crippen LogP) is 0.629. The van der Waals surface area contributed by atoms with Gasteiger partial charge in [-0.1, -0.05) is 6.07 Å². The number of carbonyl (C=O) groups is 1. The van der Waals surface area contributed by atoms with Gasteiger partial charge in [0.05, 0.1) is 19.8 Å². The highest BCUT2D eigenvalue weighted by Gasteiger charge is 2.27. The lowest BCUT2D eigenvalue weighted by Gasteiger charge is -2.29. The number of likely N-dealkylation sites (N-methyl/N-ethyl adjacent to an activating group) is 1. The van der Waals surface area contributed by atoms with Crippen molar-refractivity contribution in [1.29, 1.82) is 0 Å². The van der Waals surface area contributed by atoms with Crippen LogP contribution in [-0.4, -0.2) is 70.5 Å². The van der Waals surface area contributed by atoms with Gasteiger partial charge in [0, 0.05) is 19.6 Å². The molecule has 1 fully saturated rings. The Kier molecular flexibility index (Phi) is 7.49. The molecule has 2 N–H and O–H groups in total. The maximum Gasteiger partial charge on any atom is 0.240 e. The zero-order chi connectivity index (χ0) is 18.2. The molecule has 25 heavy (non-hydrogen) atoms. The van der Waals surface area contributed by atoms with Crippen molar-refractivity contribution in [1.82, 2.24) is 15.5 Å². The maximum absolute atomic E-state index is 12.3. The summed E-state index contributed by atoms with van der Waals surface area (Å²) in [6, 6.07) is 5.38. The molecule has 7 heteroatoms. The molecule has 0 aliphatic carbocycles. The van der Waals surface area contributed by atoms with Crippen LogP contribution < -0.4 is 20.1 Å². The molecule has 1 saturated heterocycles. The molecule has 1 aliphatic rings.